The Morgan fingerprint density at radius 2 is 2.05 bits per heavy atom. The van der Waals surface area contributed by atoms with Crippen LogP contribution < -0.4 is 11.3 Å². The van der Waals surface area contributed by atoms with Gasteiger partial charge in [-0.05, 0) is 11.8 Å². The summed E-state index contributed by atoms with van der Waals surface area (Å²) in [5.41, 5.74) is 4.75. The van der Waals surface area contributed by atoms with Crippen LogP contribution in [-0.4, -0.2) is 29.0 Å². The predicted molar refractivity (Wildman–Crippen MR) is 82.7 cm³/mol. The first kappa shape index (κ1) is 17.4. The molecule has 0 aliphatic carbocycles. The number of hydrogen-bond acceptors (Lipinski definition) is 4. The van der Waals surface area contributed by atoms with Gasteiger partial charge in [-0.15, -0.1) is 0 Å². The smallest absolute Gasteiger partial charge is 0.0850 e. The Morgan fingerprint density at radius 3 is 2.40 bits per heavy atom. The Bertz CT molecular complexity index is 439. The van der Waals surface area contributed by atoms with E-state index < -0.39 is 0 Å². The molecule has 0 amide bonds. The molecule has 1 rings (SSSR count). The molecule has 0 spiro atoms. The Kier molecular flexibility index (Phi) is 6.01. The minimum absolute atomic E-state index is 0.0234. The summed E-state index contributed by atoms with van der Waals surface area (Å²) >= 11 is 6.40. The van der Waals surface area contributed by atoms with E-state index in [2.05, 4.69) is 31.3 Å². The van der Waals surface area contributed by atoms with Crippen molar-refractivity contribution in [1.82, 2.24) is 15.2 Å². The van der Waals surface area contributed by atoms with E-state index in [0.717, 1.165) is 22.8 Å². The summed E-state index contributed by atoms with van der Waals surface area (Å²) in [6, 6.07) is -0.0300. The van der Waals surface area contributed by atoms with Gasteiger partial charge in [-0.1, -0.05) is 39.3 Å². The highest BCUT2D eigenvalue weighted by Gasteiger charge is 2.33. The van der Waals surface area contributed by atoms with E-state index >= 15 is 0 Å². The first-order chi connectivity index (χ1) is 9.26. The third kappa shape index (κ3) is 3.73. The summed E-state index contributed by atoms with van der Waals surface area (Å²) in [7, 11) is 3.62. The molecule has 0 radical (unpaired) electrons. The Balaban J connectivity index is 3.02. The number of aryl methyl sites for hydroxylation is 2. The van der Waals surface area contributed by atoms with Gasteiger partial charge >= 0.3 is 0 Å². The van der Waals surface area contributed by atoms with Crippen LogP contribution in [0.1, 0.15) is 39.1 Å². The molecule has 0 saturated carbocycles. The van der Waals surface area contributed by atoms with Gasteiger partial charge in [0.2, 0.25) is 0 Å². The second-order valence-corrected chi connectivity index (χ2v) is 6.56. The quantitative estimate of drug-likeness (QED) is 0.624. The lowest BCUT2D eigenvalue weighted by atomic mass is 9.83. The molecule has 5 nitrogen and oxygen atoms in total. The fourth-order valence-corrected chi connectivity index (χ4v) is 3.00. The molecule has 0 saturated heterocycles. The summed E-state index contributed by atoms with van der Waals surface area (Å²) in [5, 5.41) is 5.17. The molecule has 0 aliphatic rings. The van der Waals surface area contributed by atoms with E-state index in [1.807, 2.05) is 18.7 Å². The number of methoxy groups -OCH3 is 1. The molecule has 116 valence electrons. The normalized spacial score (nSPS) is 15.4. The van der Waals surface area contributed by atoms with Gasteiger partial charge in [-0.2, -0.15) is 5.10 Å². The van der Waals surface area contributed by atoms with Crippen LogP contribution >= 0.6 is 11.6 Å². The van der Waals surface area contributed by atoms with Gasteiger partial charge in [0.05, 0.1) is 28.6 Å². The summed E-state index contributed by atoms with van der Waals surface area (Å²) in [6.45, 7) is 8.44. The van der Waals surface area contributed by atoms with Crippen molar-refractivity contribution >= 4 is 11.6 Å². The maximum atomic E-state index is 6.40. The molecular formula is C14H27ClN4O. The molecule has 2 unspecified atom stereocenters. The van der Waals surface area contributed by atoms with Crippen LogP contribution in [0.3, 0.4) is 0 Å². The van der Waals surface area contributed by atoms with E-state index in [-0.39, 0.29) is 17.6 Å². The lowest BCUT2D eigenvalue weighted by Crippen LogP contribution is -2.51. The molecule has 0 fully saturated rings. The van der Waals surface area contributed by atoms with E-state index in [1.165, 1.54) is 0 Å². The number of hydrazine groups is 1. The van der Waals surface area contributed by atoms with Crippen LogP contribution in [0.5, 0.6) is 0 Å². The van der Waals surface area contributed by atoms with Crippen LogP contribution in [0.15, 0.2) is 0 Å². The molecule has 1 aromatic heterocycles. The van der Waals surface area contributed by atoms with Crippen LogP contribution in [0.4, 0.5) is 0 Å². The minimum atomic E-state index is -0.0300. The zero-order chi connectivity index (χ0) is 15.5. The second kappa shape index (κ2) is 6.89. The maximum absolute atomic E-state index is 6.40. The van der Waals surface area contributed by atoms with Gasteiger partial charge in [-0.25, -0.2) is 0 Å². The number of hydrogen-bond donors (Lipinski definition) is 2. The number of nitrogens with zero attached hydrogens (tertiary/aromatic N) is 2. The SMILES string of the molecule is CCc1nn(C)c(CC(NN)C(OC)C(C)(C)C)c1Cl. The van der Waals surface area contributed by atoms with Crippen molar-refractivity contribution < 1.29 is 4.74 Å². The first-order valence-electron chi connectivity index (χ1n) is 6.95. The number of nitrogens with one attached hydrogen (secondary N) is 1. The van der Waals surface area contributed by atoms with Crippen molar-refractivity contribution in [3.63, 3.8) is 0 Å². The fraction of sp³-hybridized carbons (Fsp3) is 0.786. The van der Waals surface area contributed by atoms with E-state index in [0.29, 0.717) is 6.42 Å². The molecule has 1 heterocycles. The predicted octanol–water partition coefficient (Wildman–Crippen LogP) is 2.07. The average molecular weight is 303 g/mol. The highest BCUT2D eigenvalue weighted by Crippen LogP contribution is 2.28. The van der Waals surface area contributed by atoms with Crippen molar-refractivity contribution in [1.29, 1.82) is 0 Å². The van der Waals surface area contributed by atoms with Gasteiger partial charge in [0, 0.05) is 20.6 Å². The Labute approximate surface area is 126 Å². The average Bonchev–Trinajstić information content (AvgIpc) is 2.63. The van der Waals surface area contributed by atoms with Gasteiger partial charge in [0.1, 0.15) is 0 Å². The van der Waals surface area contributed by atoms with Gasteiger partial charge in [0.25, 0.3) is 0 Å². The van der Waals surface area contributed by atoms with Crippen LogP contribution in [0.2, 0.25) is 5.02 Å². The number of halogens is 1. The molecule has 3 N–H and O–H groups in total. The first-order valence-corrected chi connectivity index (χ1v) is 7.33. The fourth-order valence-electron chi connectivity index (χ4n) is 2.62. The lowest BCUT2D eigenvalue weighted by Gasteiger charge is -2.35. The van der Waals surface area contributed by atoms with Crippen molar-refractivity contribution in [3.8, 4) is 0 Å². The van der Waals surface area contributed by atoms with Crippen molar-refractivity contribution in [3.05, 3.63) is 16.4 Å². The van der Waals surface area contributed by atoms with Gasteiger partial charge < -0.3 is 4.74 Å². The second-order valence-electron chi connectivity index (χ2n) is 6.18. The highest BCUT2D eigenvalue weighted by atomic mass is 35.5. The molecular weight excluding hydrogens is 276 g/mol. The Morgan fingerprint density at radius 1 is 1.45 bits per heavy atom. The number of nitrogens with two attached hydrogens (primary N) is 1. The van der Waals surface area contributed by atoms with Crippen molar-refractivity contribution in [2.24, 2.45) is 18.3 Å². The zero-order valence-corrected chi connectivity index (χ0v) is 14.1. The summed E-state index contributed by atoms with van der Waals surface area (Å²) < 4.78 is 7.47. The number of ether oxygens (including phenoxy) is 1. The van der Waals surface area contributed by atoms with Crippen LogP contribution in [0.25, 0.3) is 0 Å². The maximum Gasteiger partial charge on any atom is 0.0850 e. The third-order valence-corrected chi connectivity index (χ3v) is 4.04. The van der Waals surface area contributed by atoms with E-state index in [1.54, 1.807) is 7.11 Å². The molecule has 6 heteroatoms. The zero-order valence-electron chi connectivity index (χ0n) is 13.3. The van der Waals surface area contributed by atoms with E-state index in [9.17, 15) is 0 Å². The van der Waals surface area contributed by atoms with Crippen molar-refractivity contribution in [2.45, 2.75) is 52.7 Å². The van der Waals surface area contributed by atoms with Crippen LogP contribution in [-0.2, 0) is 24.6 Å². The molecule has 0 aliphatic heterocycles. The topological polar surface area (TPSA) is 65.1 Å². The molecule has 2 atom stereocenters. The number of rotatable bonds is 6. The lowest BCUT2D eigenvalue weighted by molar-refractivity contribution is -0.0114. The summed E-state index contributed by atoms with van der Waals surface area (Å²) in [5.74, 6) is 5.73. The van der Waals surface area contributed by atoms with Gasteiger partial charge in [-0.3, -0.25) is 16.0 Å². The van der Waals surface area contributed by atoms with Crippen LogP contribution in [0, 0.1) is 5.41 Å². The number of aromatic nitrogens is 2. The monoisotopic (exact) mass is 302 g/mol. The summed E-state index contributed by atoms with van der Waals surface area (Å²) in [6.07, 6.45) is 1.47. The van der Waals surface area contributed by atoms with E-state index in [4.69, 9.17) is 22.2 Å². The largest absolute Gasteiger partial charge is 0.379 e. The van der Waals surface area contributed by atoms with Crippen molar-refractivity contribution in [2.75, 3.05) is 7.11 Å². The molecule has 0 aromatic carbocycles. The highest BCUT2D eigenvalue weighted by molar-refractivity contribution is 6.31. The van der Waals surface area contributed by atoms with Gasteiger partial charge in [0.15, 0.2) is 0 Å². The third-order valence-electron chi connectivity index (χ3n) is 3.60. The molecule has 1 aromatic rings. The molecule has 0 bridgehead atoms. The molecule has 20 heavy (non-hydrogen) atoms. The Hall–Kier alpha value is -0.620. The summed E-state index contributed by atoms with van der Waals surface area (Å²) in [4.78, 5) is 0. The minimum Gasteiger partial charge on any atom is -0.379 e. The standard InChI is InChI=1S/C14H27ClN4O/c1-7-9-12(15)11(19(5)18-9)8-10(17-16)13(20-6)14(2,3)4/h10,13,17H,7-8,16H2,1-6H3.